The number of likely N-dealkylation sites (tertiary alicyclic amines) is 1. The van der Waals surface area contributed by atoms with Crippen LogP contribution in [-0.2, 0) is 19.7 Å². The van der Waals surface area contributed by atoms with E-state index in [1.807, 2.05) is 12.2 Å². The lowest BCUT2D eigenvalue weighted by Crippen LogP contribution is -2.35. The Morgan fingerprint density at radius 2 is 1.93 bits per heavy atom. The third kappa shape index (κ3) is 6.44. The van der Waals surface area contributed by atoms with Crippen LogP contribution in [0.4, 0.5) is 25.0 Å². The van der Waals surface area contributed by atoms with Gasteiger partial charge >= 0.3 is 6.09 Å². The number of methoxy groups -OCH3 is 1. The van der Waals surface area contributed by atoms with Gasteiger partial charge in [0.15, 0.2) is 0 Å². The zero-order chi connectivity index (χ0) is 31.6. The average Bonchev–Trinajstić information content (AvgIpc) is 3.30. The van der Waals surface area contributed by atoms with Crippen LogP contribution in [0.1, 0.15) is 62.9 Å². The highest BCUT2D eigenvalue weighted by Crippen LogP contribution is 2.42. The first-order valence-electron chi connectivity index (χ1n) is 14.1. The molecular weight excluding hydrogens is 615 g/mol. The van der Waals surface area contributed by atoms with Gasteiger partial charge in [-0.3, -0.25) is 14.9 Å². The molecule has 0 radical (unpaired) electrons. The molecule has 232 valence electrons. The van der Waals surface area contributed by atoms with E-state index in [9.17, 15) is 18.8 Å². The molecule has 3 amide bonds. The number of anilines is 2. The van der Waals surface area contributed by atoms with Gasteiger partial charge in [0, 0.05) is 41.6 Å². The number of halogens is 4. The van der Waals surface area contributed by atoms with Crippen LogP contribution in [0.3, 0.4) is 0 Å². The van der Waals surface area contributed by atoms with E-state index in [0.29, 0.717) is 41.3 Å². The maximum atomic E-state index is 15.1. The summed E-state index contributed by atoms with van der Waals surface area (Å²) in [6.07, 6.45) is 4.62. The number of amides is 3. The fourth-order valence-electron chi connectivity index (χ4n) is 5.77. The summed E-state index contributed by atoms with van der Waals surface area (Å²) >= 11 is 12.7. The van der Waals surface area contributed by atoms with E-state index in [1.165, 1.54) is 13.2 Å². The monoisotopic (exact) mass is 645 g/mol. The molecule has 2 bridgehead atoms. The lowest BCUT2D eigenvalue weighted by Gasteiger charge is -2.32. The molecule has 5 rings (SSSR count). The molecule has 1 fully saturated rings. The van der Waals surface area contributed by atoms with Crippen molar-refractivity contribution in [3.63, 3.8) is 0 Å². The smallest absolute Gasteiger partial charge is 0.411 e. The molecule has 2 aliphatic rings. The third-order valence-electron chi connectivity index (χ3n) is 8.18. The largest absolute Gasteiger partial charge is 0.453 e. The number of nitrogens with zero attached hydrogens (tertiary/aromatic N) is 2. The standard InChI is InChI=1S/C31H31Cl2F2N5O4/c1-31(25-20(34)11-10-19(32)26(25)35)13-12-24(42)40(15-14-31)22-6-4-3-5-7-23(41)37-21-16-17(36-30(43)44-2)8-9-18(21)27-28(33)39-29(22)38-27/h3-4,8-11,16,22H,5-7,12-15H2,1-2H3,(H,36,43)(H,37,41)(H,38,39)/b4-3+/t22-,31?/m0/s1. The van der Waals surface area contributed by atoms with Crippen LogP contribution in [-0.4, -0.2) is 46.4 Å². The van der Waals surface area contributed by atoms with Gasteiger partial charge in [0.2, 0.25) is 11.8 Å². The second-order valence-corrected chi connectivity index (χ2v) is 11.9. The van der Waals surface area contributed by atoms with Gasteiger partial charge in [0.05, 0.1) is 23.9 Å². The summed E-state index contributed by atoms with van der Waals surface area (Å²) in [7, 11) is 1.24. The second kappa shape index (κ2) is 13.0. The molecule has 1 saturated heterocycles. The Labute approximate surface area is 263 Å². The Hall–Kier alpha value is -3.96. The number of hydrogen-bond donors (Lipinski definition) is 3. The molecule has 3 N–H and O–H groups in total. The number of ether oxygens (including phenoxy) is 1. The van der Waals surface area contributed by atoms with Gasteiger partial charge in [-0.1, -0.05) is 42.3 Å². The van der Waals surface area contributed by atoms with Crippen LogP contribution >= 0.6 is 23.2 Å². The number of imidazole rings is 1. The predicted octanol–water partition coefficient (Wildman–Crippen LogP) is 7.53. The Bertz CT molecular complexity index is 1650. The zero-order valence-corrected chi connectivity index (χ0v) is 25.6. The molecule has 3 heterocycles. The number of nitrogens with one attached hydrogen (secondary N) is 3. The minimum atomic E-state index is -0.977. The number of fused-ring (bicyclic) bond motifs is 4. The molecule has 0 saturated carbocycles. The third-order valence-corrected chi connectivity index (χ3v) is 8.74. The van der Waals surface area contributed by atoms with E-state index >= 15 is 4.39 Å². The molecule has 0 spiro atoms. The van der Waals surface area contributed by atoms with E-state index in [-0.39, 0.29) is 59.8 Å². The quantitative estimate of drug-likeness (QED) is 0.201. The lowest BCUT2D eigenvalue weighted by atomic mass is 9.76. The first-order valence-corrected chi connectivity index (χ1v) is 14.9. The Balaban J connectivity index is 1.52. The van der Waals surface area contributed by atoms with Crippen molar-refractivity contribution in [1.29, 1.82) is 0 Å². The molecule has 1 unspecified atom stereocenters. The fraction of sp³-hybridized carbons (Fsp3) is 0.355. The van der Waals surface area contributed by atoms with E-state index in [1.54, 1.807) is 30.0 Å². The number of rotatable bonds is 3. The predicted molar refractivity (Wildman–Crippen MR) is 164 cm³/mol. The summed E-state index contributed by atoms with van der Waals surface area (Å²) in [5.41, 5.74) is 0.494. The second-order valence-electron chi connectivity index (χ2n) is 11.1. The van der Waals surface area contributed by atoms with Crippen molar-refractivity contribution in [3.05, 3.63) is 75.7 Å². The molecule has 44 heavy (non-hydrogen) atoms. The van der Waals surface area contributed by atoms with Crippen LogP contribution in [0.15, 0.2) is 42.5 Å². The highest BCUT2D eigenvalue weighted by atomic mass is 35.5. The summed E-state index contributed by atoms with van der Waals surface area (Å²) in [5, 5.41) is 5.46. The van der Waals surface area contributed by atoms with Crippen molar-refractivity contribution in [3.8, 4) is 11.3 Å². The van der Waals surface area contributed by atoms with Crippen molar-refractivity contribution in [1.82, 2.24) is 14.9 Å². The minimum Gasteiger partial charge on any atom is -0.453 e. The number of H-pyrrole nitrogens is 1. The van der Waals surface area contributed by atoms with E-state index in [2.05, 4.69) is 20.4 Å². The minimum absolute atomic E-state index is 0.0562. The van der Waals surface area contributed by atoms with Crippen molar-refractivity contribution in [2.45, 2.75) is 56.9 Å². The van der Waals surface area contributed by atoms with Gasteiger partial charge in [-0.25, -0.2) is 18.6 Å². The molecule has 0 aliphatic carbocycles. The van der Waals surface area contributed by atoms with E-state index < -0.39 is 29.2 Å². The topological polar surface area (TPSA) is 116 Å². The summed E-state index contributed by atoms with van der Waals surface area (Å²) in [6.45, 7) is 1.95. The molecule has 3 aromatic rings. The highest BCUT2D eigenvalue weighted by molar-refractivity contribution is 6.32. The van der Waals surface area contributed by atoms with Crippen LogP contribution in [0, 0.1) is 11.6 Å². The van der Waals surface area contributed by atoms with Gasteiger partial charge in [-0.15, -0.1) is 0 Å². The number of aromatic amines is 1. The molecule has 2 aromatic carbocycles. The first kappa shape index (κ1) is 31.5. The van der Waals surface area contributed by atoms with Crippen molar-refractivity contribution < 1.29 is 27.9 Å². The van der Waals surface area contributed by atoms with Gasteiger partial charge in [0.1, 0.15) is 28.3 Å². The molecule has 2 aliphatic heterocycles. The van der Waals surface area contributed by atoms with E-state index in [0.717, 1.165) is 6.07 Å². The lowest BCUT2D eigenvalue weighted by molar-refractivity contribution is -0.133. The number of aromatic nitrogens is 2. The van der Waals surface area contributed by atoms with Gasteiger partial charge in [-0.2, -0.15) is 0 Å². The number of hydrogen-bond acceptors (Lipinski definition) is 5. The summed E-state index contributed by atoms with van der Waals surface area (Å²) in [5.74, 6) is -1.54. The molecule has 1 aromatic heterocycles. The molecule has 2 atom stereocenters. The maximum absolute atomic E-state index is 15.1. The summed E-state index contributed by atoms with van der Waals surface area (Å²) < 4.78 is 34.7. The molecule has 13 heteroatoms. The number of allylic oxidation sites excluding steroid dienone is 1. The van der Waals surface area contributed by atoms with Crippen LogP contribution in [0.2, 0.25) is 10.2 Å². The summed E-state index contributed by atoms with van der Waals surface area (Å²) in [4.78, 5) is 47.7. The van der Waals surface area contributed by atoms with Crippen molar-refractivity contribution in [2.75, 3.05) is 24.3 Å². The van der Waals surface area contributed by atoms with Crippen LogP contribution < -0.4 is 10.6 Å². The van der Waals surface area contributed by atoms with Crippen LogP contribution in [0.5, 0.6) is 0 Å². The number of carbonyl (C=O) groups excluding carboxylic acids is 3. The summed E-state index contributed by atoms with van der Waals surface area (Å²) in [6, 6.07) is 6.62. The normalized spacial score (nSPS) is 21.6. The Morgan fingerprint density at radius 1 is 1.14 bits per heavy atom. The SMILES string of the molecule is COC(=O)Nc1ccc2c(c1)NC(=O)CC/C=C/C[C@H](N1CCC(C)(c3c(F)ccc(Cl)c3F)CCC1=O)c1nc-2c(Cl)[nH]1. The van der Waals surface area contributed by atoms with Crippen LogP contribution in [0.25, 0.3) is 11.3 Å². The highest BCUT2D eigenvalue weighted by Gasteiger charge is 2.40. The van der Waals surface area contributed by atoms with Gasteiger partial charge in [0.25, 0.3) is 0 Å². The maximum Gasteiger partial charge on any atom is 0.411 e. The van der Waals surface area contributed by atoms with E-state index in [4.69, 9.17) is 28.2 Å². The molecule has 9 nitrogen and oxygen atoms in total. The van der Waals surface area contributed by atoms with Gasteiger partial charge < -0.3 is 19.9 Å². The Morgan fingerprint density at radius 3 is 2.70 bits per heavy atom. The van der Waals surface area contributed by atoms with Gasteiger partial charge in [-0.05, 0) is 56.0 Å². The first-order chi connectivity index (χ1) is 21.0. The fourth-order valence-corrected chi connectivity index (χ4v) is 6.16. The number of carbonyl (C=O) groups is 3. The molecular formula is C31H31Cl2F2N5O4. The van der Waals surface area contributed by atoms with Crippen molar-refractivity contribution in [2.24, 2.45) is 0 Å². The average molecular weight is 647 g/mol. The Kier molecular flexibility index (Phi) is 9.26. The zero-order valence-electron chi connectivity index (χ0n) is 24.1. The van der Waals surface area contributed by atoms with Crippen molar-refractivity contribution >= 4 is 52.5 Å². The number of benzene rings is 2.